The average molecular weight is 234 g/mol. The minimum atomic E-state index is -0.979. The van der Waals surface area contributed by atoms with Gasteiger partial charge in [0.05, 0.1) is 0 Å². The van der Waals surface area contributed by atoms with Crippen LogP contribution in [0.4, 0.5) is 10.5 Å². The van der Waals surface area contributed by atoms with Crippen LogP contribution in [-0.2, 0) is 4.79 Å². The highest BCUT2D eigenvalue weighted by Gasteiger charge is 2.39. The van der Waals surface area contributed by atoms with Crippen molar-refractivity contribution in [2.45, 2.75) is 25.3 Å². The Bertz CT molecular complexity index is 442. The molecule has 1 aliphatic rings. The van der Waals surface area contributed by atoms with Gasteiger partial charge >= 0.3 is 6.09 Å². The summed E-state index contributed by atoms with van der Waals surface area (Å²) in [7, 11) is 0. The Morgan fingerprint density at radius 3 is 2.47 bits per heavy atom. The lowest BCUT2D eigenvalue weighted by Gasteiger charge is -2.04. The second-order valence-corrected chi connectivity index (χ2v) is 4.20. The van der Waals surface area contributed by atoms with E-state index in [-0.39, 0.29) is 17.9 Å². The summed E-state index contributed by atoms with van der Waals surface area (Å²) >= 11 is 0. The zero-order chi connectivity index (χ0) is 12.4. The number of carbonyl (C=O) groups is 2. The highest BCUT2D eigenvalue weighted by atomic mass is 16.4. The molecule has 5 heteroatoms. The predicted octanol–water partition coefficient (Wildman–Crippen LogP) is 1.77. The van der Waals surface area contributed by atoms with Crippen LogP contribution in [-0.4, -0.2) is 23.1 Å². The molecule has 0 aliphatic heterocycles. The molecule has 2 rings (SSSR count). The second-order valence-electron chi connectivity index (χ2n) is 4.20. The van der Waals surface area contributed by atoms with E-state index in [1.54, 1.807) is 0 Å². The summed E-state index contributed by atoms with van der Waals surface area (Å²) < 4.78 is 0. The minimum absolute atomic E-state index is 0.0270. The van der Waals surface area contributed by atoms with E-state index in [2.05, 4.69) is 10.6 Å². The van der Waals surface area contributed by atoms with Crippen molar-refractivity contribution >= 4 is 17.7 Å². The van der Waals surface area contributed by atoms with E-state index >= 15 is 0 Å². The summed E-state index contributed by atoms with van der Waals surface area (Å²) in [5.74, 6) is 0.159. The fraction of sp³-hybridized carbons (Fsp3) is 0.333. The number of rotatable bonds is 3. The molecule has 1 aliphatic carbocycles. The lowest BCUT2D eigenvalue weighted by atomic mass is 10.1. The number of hydrogen-bond donors (Lipinski definition) is 3. The fourth-order valence-corrected chi connectivity index (χ4v) is 1.90. The van der Waals surface area contributed by atoms with E-state index < -0.39 is 6.09 Å². The smallest absolute Gasteiger partial charge is 0.404 e. The van der Waals surface area contributed by atoms with E-state index in [1.165, 1.54) is 6.92 Å². The van der Waals surface area contributed by atoms with Crippen LogP contribution in [0.2, 0.25) is 0 Å². The molecule has 1 saturated carbocycles. The summed E-state index contributed by atoms with van der Waals surface area (Å²) in [5, 5.41) is 13.7. The van der Waals surface area contributed by atoms with Crippen molar-refractivity contribution in [2.75, 3.05) is 5.32 Å². The SMILES string of the molecule is CC(=O)Nc1ccc([C@@H]2C[C@H]2NC(=O)O)cc1. The molecule has 2 amide bonds. The number of carboxylic acid groups (broad SMARTS) is 1. The number of benzene rings is 1. The summed E-state index contributed by atoms with van der Waals surface area (Å²) in [6.07, 6.45) is -0.140. The number of amides is 2. The maximum Gasteiger partial charge on any atom is 0.404 e. The first kappa shape index (κ1) is 11.4. The summed E-state index contributed by atoms with van der Waals surface area (Å²) in [6, 6.07) is 7.51. The van der Waals surface area contributed by atoms with Gasteiger partial charge in [0.15, 0.2) is 0 Å². The quantitative estimate of drug-likeness (QED) is 0.745. The van der Waals surface area contributed by atoms with Gasteiger partial charge in [-0.05, 0) is 24.1 Å². The average Bonchev–Trinajstić information content (AvgIpc) is 2.96. The van der Waals surface area contributed by atoms with E-state index in [0.717, 1.165) is 17.7 Å². The van der Waals surface area contributed by atoms with E-state index in [1.807, 2.05) is 24.3 Å². The molecule has 2 atom stereocenters. The Kier molecular flexibility index (Phi) is 2.99. The molecule has 1 fully saturated rings. The van der Waals surface area contributed by atoms with Crippen molar-refractivity contribution in [3.8, 4) is 0 Å². The van der Waals surface area contributed by atoms with Crippen LogP contribution < -0.4 is 10.6 Å². The molecule has 17 heavy (non-hydrogen) atoms. The summed E-state index contributed by atoms with van der Waals surface area (Å²) in [4.78, 5) is 21.3. The highest BCUT2D eigenvalue weighted by molar-refractivity contribution is 5.88. The molecule has 1 aromatic rings. The molecule has 3 N–H and O–H groups in total. The molecule has 0 aromatic heterocycles. The van der Waals surface area contributed by atoms with E-state index in [4.69, 9.17) is 5.11 Å². The first-order chi connectivity index (χ1) is 8.06. The van der Waals surface area contributed by atoms with Gasteiger partial charge in [-0.15, -0.1) is 0 Å². The first-order valence-electron chi connectivity index (χ1n) is 5.43. The predicted molar refractivity (Wildman–Crippen MR) is 63.1 cm³/mol. The Hall–Kier alpha value is -2.04. The first-order valence-corrected chi connectivity index (χ1v) is 5.43. The molecule has 90 valence electrons. The third-order valence-electron chi connectivity index (χ3n) is 2.76. The monoisotopic (exact) mass is 234 g/mol. The zero-order valence-electron chi connectivity index (χ0n) is 9.43. The molecule has 0 bridgehead atoms. The van der Waals surface area contributed by atoms with Gasteiger partial charge in [-0.3, -0.25) is 4.79 Å². The van der Waals surface area contributed by atoms with Crippen molar-refractivity contribution in [3.05, 3.63) is 29.8 Å². The van der Waals surface area contributed by atoms with Crippen LogP contribution in [0.3, 0.4) is 0 Å². The molecular formula is C12H14N2O3. The maximum atomic E-state index is 10.8. The topological polar surface area (TPSA) is 78.4 Å². The van der Waals surface area contributed by atoms with Crippen LogP contribution >= 0.6 is 0 Å². The van der Waals surface area contributed by atoms with Gasteiger partial charge in [-0.2, -0.15) is 0 Å². The summed E-state index contributed by atoms with van der Waals surface area (Å²) in [5.41, 5.74) is 1.85. The number of hydrogen-bond acceptors (Lipinski definition) is 2. The van der Waals surface area contributed by atoms with Gasteiger partial charge in [0, 0.05) is 24.6 Å². The van der Waals surface area contributed by atoms with E-state index in [0.29, 0.717) is 0 Å². The molecule has 0 heterocycles. The van der Waals surface area contributed by atoms with Crippen molar-refractivity contribution < 1.29 is 14.7 Å². The molecule has 0 radical (unpaired) electrons. The standard InChI is InChI=1S/C12H14N2O3/c1-7(15)13-9-4-2-8(3-5-9)10-6-11(10)14-12(16)17/h2-5,10-11,14H,6H2,1H3,(H,13,15)(H,16,17)/t10-,11+/m0/s1. The number of anilines is 1. The lowest BCUT2D eigenvalue weighted by Crippen LogP contribution is -2.24. The highest BCUT2D eigenvalue weighted by Crippen LogP contribution is 2.40. The van der Waals surface area contributed by atoms with Crippen LogP contribution in [0.15, 0.2) is 24.3 Å². The Labute approximate surface area is 98.8 Å². The zero-order valence-corrected chi connectivity index (χ0v) is 9.43. The lowest BCUT2D eigenvalue weighted by molar-refractivity contribution is -0.114. The van der Waals surface area contributed by atoms with Crippen LogP contribution in [0, 0.1) is 0 Å². The fourth-order valence-electron chi connectivity index (χ4n) is 1.90. The Morgan fingerprint density at radius 1 is 1.29 bits per heavy atom. The Balaban J connectivity index is 1.95. The van der Waals surface area contributed by atoms with Gasteiger partial charge < -0.3 is 15.7 Å². The normalized spacial score (nSPS) is 21.7. The third kappa shape index (κ3) is 2.96. The van der Waals surface area contributed by atoms with Crippen molar-refractivity contribution in [2.24, 2.45) is 0 Å². The van der Waals surface area contributed by atoms with Gasteiger partial charge in [0.1, 0.15) is 0 Å². The second kappa shape index (κ2) is 4.45. The van der Waals surface area contributed by atoms with Crippen LogP contribution in [0.25, 0.3) is 0 Å². The van der Waals surface area contributed by atoms with Crippen molar-refractivity contribution in [1.29, 1.82) is 0 Å². The van der Waals surface area contributed by atoms with Crippen molar-refractivity contribution in [3.63, 3.8) is 0 Å². The molecular weight excluding hydrogens is 220 g/mol. The van der Waals surface area contributed by atoms with Gasteiger partial charge in [0.25, 0.3) is 0 Å². The van der Waals surface area contributed by atoms with Crippen LogP contribution in [0.1, 0.15) is 24.8 Å². The molecule has 0 spiro atoms. The molecule has 5 nitrogen and oxygen atoms in total. The van der Waals surface area contributed by atoms with E-state index in [9.17, 15) is 9.59 Å². The molecule has 0 saturated heterocycles. The largest absolute Gasteiger partial charge is 0.465 e. The Morgan fingerprint density at radius 2 is 1.94 bits per heavy atom. The third-order valence-corrected chi connectivity index (χ3v) is 2.76. The summed E-state index contributed by atoms with van der Waals surface area (Å²) in [6.45, 7) is 1.46. The minimum Gasteiger partial charge on any atom is -0.465 e. The van der Waals surface area contributed by atoms with Gasteiger partial charge in [-0.25, -0.2) is 4.79 Å². The van der Waals surface area contributed by atoms with Crippen molar-refractivity contribution in [1.82, 2.24) is 5.32 Å². The maximum absolute atomic E-state index is 10.8. The van der Waals surface area contributed by atoms with Gasteiger partial charge in [-0.1, -0.05) is 12.1 Å². The molecule has 1 aromatic carbocycles. The number of nitrogens with one attached hydrogen (secondary N) is 2. The molecule has 0 unspecified atom stereocenters. The van der Waals surface area contributed by atoms with Crippen LogP contribution in [0.5, 0.6) is 0 Å². The number of carbonyl (C=O) groups excluding carboxylic acids is 1. The van der Waals surface area contributed by atoms with Gasteiger partial charge in [0.2, 0.25) is 5.91 Å².